The van der Waals surface area contributed by atoms with E-state index in [-0.39, 0.29) is 16.8 Å². The van der Waals surface area contributed by atoms with Crippen molar-refractivity contribution in [2.24, 2.45) is 16.0 Å². The normalized spacial score (nSPS) is 39.5. The van der Waals surface area contributed by atoms with Gasteiger partial charge in [-0.05, 0) is 38.5 Å². The quantitative estimate of drug-likeness (QED) is 0.329. The summed E-state index contributed by atoms with van der Waals surface area (Å²) in [7, 11) is 1.46. The summed E-state index contributed by atoms with van der Waals surface area (Å²) in [5, 5.41) is 11.8. The highest BCUT2D eigenvalue weighted by molar-refractivity contribution is 5.78. The van der Waals surface area contributed by atoms with Crippen LogP contribution in [0.5, 0.6) is 0 Å². The summed E-state index contributed by atoms with van der Waals surface area (Å²) >= 11 is 0. The molecule has 0 saturated heterocycles. The van der Waals surface area contributed by atoms with E-state index in [2.05, 4.69) is 5.16 Å². The van der Waals surface area contributed by atoms with Crippen molar-refractivity contribution >= 4 is 12.2 Å². The second kappa shape index (κ2) is 3.51. The molecule has 0 heterocycles. The Hall–Kier alpha value is -1.06. The lowest BCUT2D eigenvalue weighted by atomic mass is 9.54. The minimum atomic E-state index is -0.236. The highest BCUT2D eigenvalue weighted by Gasteiger charge is 2.52. The molecule has 0 amide bonds. The fraction of sp³-hybridized carbons (Fsp3) is 0.818. The van der Waals surface area contributed by atoms with Gasteiger partial charge in [0.15, 0.2) is 0 Å². The first-order valence-electron chi connectivity index (χ1n) is 5.43. The van der Waals surface area contributed by atoms with Crippen LogP contribution in [-0.4, -0.2) is 24.5 Å². The van der Waals surface area contributed by atoms with E-state index in [1.807, 2.05) is 0 Å². The van der Waals surface area contributed by atoms with E-state index >= 15 is 0 Å². The Labute approximate surface area is 89.3 Å². The summed E-state index contributed by atoms with van der Waals surface area (Å²) < 4.78 is 4.88. The van der Waals surface area contributed by atoms with Gasteiger partial charge in [0.25, 0.3) is 0 Å². The van der Waals surface area contributed by atoms with E-state index in [0.717, 1.165) is 38.5 Å². The van der Waals surface area contributed by atoms with E-state index in [0.29, 0.717) is 0 Å². The maximum atomic E-state index is 11.7. The molecule has 0 atom stereocenters. The average Bonchev–Trinajstić information content (AvgIpc) is 2.30. The molecule has 3 fully saturated rings. The number of carbonyl (C=O) groups excluding carboxylic acids is 1. The average molecular weight is 211 g/mol. The van der Waals surface area contributed by atoms with Gasteiger partial charge in [0.05, 0.1) is 12.5 Å². The summed E-state index contributed by atoms with van der Waals surface area (Å²) in [5.41, 5.74) is -0.190. The summed E-state index contributed by atoms with van der Waals surface area (Å²) in [6.07, 6.45) is 7.07. The molecule has 3 aliphatic carbocycles. The van der Waals surface area contributed by atoms with Crippen LogP contribution in [0.25, 0.3) is 0 Å². The summed E-state index contributed by atoms with van der Waals surface area (Å²) in [6, 6.07) is 0. The number of oxime groups is 1. The maximum Gasteiger partial charge on any atom is 0.311 e. The van der Waals surface area contributed by atoms with Gasteiger partial charge in [-0.3, -0.25) is 4.79 Å². The van der Waals surface area contributed by atoms with Crippen molar-refractivity contribution in [2.75, 3.05) is 7.11 Å². The molecule has 0 spiro atoms. The third kappa shape index (κ3) is 1.52. The van der Waals surface area contributed by atoms with E-state index in [4.69, 9.17) is 9.94 Å². The van der Waals surface area contributed by atoms with Crippen LogP contribution in [-0.2, 0) is 9.53 Å². The van der Waals surface area contributed by atoms with Crippen molar-refractivity contribution in [1.82, 2.24) is 0 Å². The van der Waals surface area contributed by atoms with Crippen molar-refractivity contribution in [3.63, 3.8) is 0 Å². The number of hydrogen-bond acceptors (Lipinski definition) is 4. The van der Waals surface area contributed by atoms with E-state index in [1.54, 1.807) is 6.21 Å². The van der Waals surface area contributed by atoms with Gasteiger partial charge >= 0.3 is 5.97 Å². The Balaban J connectivity index is 2.13. The molecule has 2 bridgehead atoms. The number of methoxy groups -OCH3 is 1. The van der Waals surface area contributed by atoms with Gasteiger partial charge in [-0.25, -0.2) is 0 Å². The summed E-state index contributed by atoms with van der Waals surface area (Å²) in [6.45, 7) is 0. The number of fused-ring (bicyclic) bond motifs is 3. The van der Waals surface area contributed by atoms with Gasteiger partial charge in [0.2, 0.25) is 0 Å². The first kappa shape index (κ1) is 10.5. The molecule has 0 aromatic heterocycles. The molecular formula is C11H17NO3. The molecule has 4 heteroatoms. The smallest absolute Gasteiger partial charge is 0.311 e. The van der Waals surface area contributed by atoms with Crippen molar-refractivity contribution in [3.05, 3.63) is 0 Å². The number of esters is 1. The topological polar surface area (TPSA) is 58.9 Å². The molecule has 0 aliphatic heterocycles. The molecule has 1 N–H and O–H groups in total. The number of carbonyl (C=O) groups is 1. The predicted molar refractivity (Wildman–Crippen MR) is 54.9 cm³/mol. The Kier molecular flexibility index (Phi) is 2.44. The second-order valence-electron chi connectivity index (χ2n) is 4.88. The Bertz CT molecular complexity index is 274. The number of ether oxygens (including phenoxy) is 1. The Morgan fingerprint density at radius 1 is 1.27 bits per heavy atom. The molecule has 0 aromatic carbocycles. The van der Waals surface area contributed by atoms with Crippen LogP contribution < -0.4 is 0 Å². The van der Waals surface area contributed by atoms with Crippen molar-refractivity contribution in [1.29, 1.82) is 0 Å². The molecule has 0 aromatic rings. The number of hydrogen-bond donors (Lipinski definition) is 1. The summed E-state index contributed by atoms with van der Waals surface area (Å²) in [4.78, 5) is 11.7. The number of nitrogens with zero attached hydrogens (tertiary/aromatic N) is 1. The van der Waals surface area contributed by atoms with Gasteiger partial charge in [0.1, 0.15) is 0 Å². The lowest BCUT2D eigenvalue weighted by molar-refractivity contribution is -0.160. The van der Waals surface area contributed by atoms with E-state index in [9.17, 15) is 4.79 Å². The van der Waals surface area contributed by atoms with E-state index in [1.165, 1.54) is 7.11 Å². The molecule has 4 nitrogen and oxygen atoms in total. The van der Waals surface area contributed by atoms with Crippen molar-refractivity contribution < 1.29 is 14.7 Å². The van der Waals surface area contributed by atoms with Crippen LogP contribution >= 0.6 is 0 Å². The van der Waals surface area contributed by atoms with E-state index < -0.39 is 0 Å². The third-order valence-corrected chi connectivity index (χ3v) is 4.25. The first-order valence-corrected chi connectivity index (χ1v) is 5.43. The molecule has 3 saturated carbocycles. The zero-order valence-corrected chi connectivity index (χ0v) is 9.03. The SMILES string of the molecule is COC(=O)C12CCC(/C=N/O)(CC1)CC2. The van der Waals surface area contributed by atoms with Gasteiger partial charge in [0, 0.05) is 11.6 Å². The van der Waals surface area contributed by atoms with Crippen LogP contribution in [0.2, 0.25) is 0 Å². The molecule has 3 rings (SSSR count). The lowest BCUT2D eigenvalue weighted by Gasteiger charge is -2.49. The Morgan fingerprint density at radius 3 is 2.20 bits per heavy atom. The minimum absolute atomic E-state index is 0.0462. The van der Waals surface area contributed by atoms with Gasteiger partial charge < -0.3 is 9.94 Å². The molecular weight excluding hydrogens is 194 g/mol. The highest BCUT2D eigenvalue weighted by Crippen LogP contribution is 2.56. The van der Waals surface area contributed by atoms with Gasteiger partial charge in [-0.1, -0.05) is 0 Å². The zero-order valence-electron chi connectivity index (χ0n) is 9.03. The first-order chi connectivity index (χ1) is 7.16. The van der Waals surface area contributed by atoms with Crippen LogP contribution in [0.4, 0.5) is 0 Å². The monoisotopic (exact) mass is 211 g/mol. The fourth-order valence-corrected chi connectivity index (χ4v) is 3.05. The van der Waals surface area contributed by atoms with Gasteiger partial charge in [-0.15, -0.1) is 5.16 Å². The molecule has 15 heavy (non-hydrogen) atoms. The molecule has 3 aliphatic rings. The summed E-state index contributed by atoms with van der Waals surface area (Å²) in [5.74, 6) is -0.0586. The van der Waals surface area contributed by atoms with Gasteiger partial charge in [-0.2, -0.15) is 0 Å². The largest absolute Gasteiger partial charge is 0.469 e. The maximum absolute atomic E-state index is 11.7. The van der Waals surface area contributed by atoms with Crippen LogP contribution in [0.3, 0.4) is 0 Å². The molecule has 84 valence electrons. The van der Waals surface area contributed by atoms with Crippen molar-refractivity contribution in [2.45, 2.75) is 38.5 Å². The van der Waals surface area contributed by atoms with Crippen LogP contribution in [0.1, 0.15) is 38.5 Å². The number of rotatable bonds is 2. The highest BCUT2D eigenvalue weighted by atomic mass is 16.5. The standard InChI is InChI=1S/C11H17NO3/c1-15-9(13)11-5-2-10(3-6-11,4-7-11)8-12-14/h8,14H,2-7H2,1H3/b12-8+. The second-order valence-corrected chi connectivity index (χ2v) is 4.88. The minimum Gasteiger partial charge on any atom is -0.469 e. The zero-order chi connectivity index (χ0) is 10.9. The molecule has 0 unspecified atom stereocenters. The van der Waals surface area contributed by atoms with Crippen molar-refractivity contribution in [3.8, 4) is 0 Å². The molecule has 0 radical (unpaired) electrons. The van der Waals surface area contributed by atoms with Crippen LogP contribution in [0, 0.1) is 10.8 Å². The third-order valence-electron chi connectivity index (χ3n) is 4.25. The van der Waals surface area contributed by atoms with Crippen LogP contribution in [0.15, 0.2) is 5.16 Å². The Morgan fingerprint density at radius 2 is 1.80 bits per heavy atom. The fourth-order valence-electron chi connectivity index (χ4n) is 3.05. The predicted octanol–water partition coefficient (Wildman–Crippen LogP) is 1.96. The lowest BCUT2D eigenvalue weighted by Crippen LogP contribution is -2.47.